The third kappa shape index (κ3) is 3.45. The highest BCUT2D eigenvalue weighted by molar-refractivity contribution is 5.96. The maximum atomic E-state index is 11.8. The number of carbonyl (C=O) groups is 1. The van der Waals surface area contributed by atoms with Gasteiger partial charge in [-0.15, -0.1) is 0 Å². The zero-order valence-corrected chi connectivity index (χ0v) is 11.0. The van der Waals surface area contributed by atoms with Crippen LogP contribution in [0.2, 0.25) is 0 Å². The average Bonchev–Trinajstić information content (AvgIpc) is 2.91. The lowest BCUT2D eigenvalue weighted by Gasteiger charge is -2.12. The number of phenols is 1. The Kier molecular flexibility index (Phi) is 4.52. The van der Waals surface area contributed by atoms with Gasteiger partial charge in [0.1, 0.15) is 5.75 Å². The van der Waals surface area contributed by atoms with Gasteiger partial charge in [0.05, 0.1) is 11.5 Å². The van der Waals surface area contributed by atoms with Crippen molar-refractivity contribution in [3.05, 3.63) is 28.3 Å². The van der Waals surface area contributed by atoms with Gasteiger partial charge in [0, 0.05) is 12.1 Å². The van der Waals surface area contributed by atoms with Gasteiger partial charge < -0.3 is 15.7 Å². The van der Waals surface area contributed by atoms with Crippen molar-refractivity contribution < 1.29 is 14.8 Å². The second kappa shape index (κ2) is 6.33. The van der Waals surface area contributed by atoms with Gasteiger partial charge in [0.2, 0.25) is 5.91 Å². The summed E-state index contributed by atoms with van der Waals surface area (Å²) in [5.74, 6) is -0.713. The predicted molar refractivity (Wildman–Crippen MR) is 73.6 cm³/mol. The van der Waals surface area contributed by atoms with E-state index in [4.69, 9.17) is 0 Å². The van der Waals surface area contributed by atoms with Gasteiger partial charge in [0.15, 0.2) is 5.69 Å². The number of hydrogen-bond donors (Lipinski definition) is 3. The van der Waals surface area contributed by atoms with E-state index in [1.807, 2.05) is 0 Å². The number of amides is 1. The lowest BCUT2D eigenvalue weighted by Crippen LogP contribution is -2.34. The number of nitrogens with zero attached hydrogens (tertiary/aromatic N) is 1. The van der Waals surface area contributed by atoms with Gasteiger partial charge >= 0.3 is 0 Å². The minimum absolute atomic E-state index is 0.0795. The molecule has 7 nitrogen and oxygen atoms in total. The van der Waals surface area contributed by atoms with Crippen molar-refractivity contribution in [2.24, 2.45) is 0 Å². The largest absolute Gasteiger partial charge is 0.505 e. The van der Waals surface area contributed by atoms with Crippen LogP contribution >= 0.6 is 0 Å². The zero-order valence-electron chi connectivity index (χ0n) is 11.0. The number of nitro benzene ring substituents is 1. The first-order chi connectivity index (χ1) is 9.58. The van der Waals surface area contributed by atoms with Gasteiger partial charge in [-0.05, 0) is 18.9 Å². The highest BCUT2D eigenvalue weighted by Gasteiger charge is 2.20. The number of anilines is 1. The summed E-state index contributed by atoms with van der Waals surface area (Å²) < 4.78 is 0. The lowest BCUT2D eigenvalue weighted by atomic mass is 10.2. The summed E-state index contributed by atoms with van der Waals surface area (Å²) in [6, 6.07) is 4.23. The van der Waals surface area contributed by atoms with Gasteiger partial charge in [-0.3, -0.25) is 14.9 Å². The second-order valence-electron chi connectivity index (χ2n) is 4.84. The van der Waals surface area contributed by atoms with E-state index in [0.717, 1.165) is 25.7 Å². The van der Waals surface area contributed by atoms with E-state index in [2.05, 4.69) is 10.6 Å². The van der Waals surface area contributed by atoms with Crippen LogP contribution in [0.15, 0.2) is 18.2 Å². The molecule has 108 valence electrons. The Morgan fingerprint density at radius 3 is 2.75 bits per heavy atom. The molecule has 0 radical (unpaired) electrons. The highest BCUT2D eigenvalue weighted by Crippen LogP contribution is 2.32. The van der Waals surface area contributed by atoms with Crippen molar-refractivity contribution in [3.8, 4) is 5.75 Å². The van der Waals surface area contributed by atoms with Gasteiger partial charge in [0.25, 0.3) is 5.69 Å². The Bertz CT molecular complexity index is 512. The van der Waals surface area contributed by atoms with Crippen molar-refractivity contribution >= 4 is 17.3 Å². The van der Waals surface area contributed by atoms with E-state index in [1.165, 1.54) is 18.2 Å². The first kappa shape index (κ1) is 14.3. The maximum absolute atomic E-state index is 11.8. The van der Waals surface area contributed by atoms with E-state index in [9.17, 15) is 20.0 Å². The van der Waals surface area contributed by atoms with Crippen LogP contribution < -0.4 is 10.6 Å². The molecule has 0 unspecified atom stereocenters. The average molecular weight is 279 g/mol. The molecule has 1 aromatic carbocycles. The van der Waals surface area contributed by atoms with Crippen molar-refractivity contribution in [1.82, 2.24) is 5.32 Å². The number of carbonyl (C=O) groups excluding carboxylic acids is 1. The standard InChI is InChI=1S/C13H17N3O4/c17-11-7-3-6-10(16(19)20)13(11)15-12(18)8-14-9-4-1-2-5-9/h3,6-7,9,14,17H,1-2,4-5,8H2,(H,15,18). The van der Waals surface area contributed by atoms with E-state index < -0.39 is 10.8 Å². The SMILES string of the molecule is O=C(CNC1CCCC1)Nc1c(O)cccc1[N+](=O)[O-]. The van der Waals surface area contributed by atoms with Crippen LogP contribution in [0.5, 0.6) is 5.75 Å². The first-order valence-corrected chi connectivity index (χ1v) is 6.57. The van der Waals surface area contributed by atoms with E-state index in [1.54, 1.807) is 0 Å². The normalized spacial score (nSPS) is 15.2. The fourth-order valence-corrected chi connectivity index (χ4v) is 2.36. The Labute approximate surface area is 116 Å². The summed E-state index contributed by atoms with van der Waals surface area (Å²) >= 11 is 0. The lowest BCUT2D eigenvalue weighted by molar-refractivity contribution is -0.384. The highest BCUT2D eigenvalue weighted by atomic mass is 16.6. The van der Waals surface area contributed by atoms with Crippen LogP contribution in [0, 0.1) is 10.1 Å². The number of phenolic OH excluding ortho intramolecular Hbond substituents is 1. The molecule has 0 bridgehead atoms. The molecule has 0 heterocycles. The molecule has 1 aliphatic carbocycles. The molecule has 1 fully saturated rings. The minimum Gasteiger partial charge on any atom is -0.505 e. The van der Waals surface area contributed by atoms with E-state index in [0.29, 0.717) is 6.04 Å². The number of hydrogen-bond acceptors (Lipinski definition) is 5. The van der Waals surface area contributed by atoms with E-state index >= 15 is 0 Å². The molecule has 20 heavy (non-hydrogen) atoms. The fourth-order valence-electron chi connectivity index (χ4n) is 2.36. The van der Waals surface area contributed by atoms with Crippen molar-refractivity contribution in [2.45, 2.75) is 31.7 Å². The summed E-state index contributed by atoms with van der Waals surface area (Å²) in [5.41, 5.74) is -0.477. The number of rotatable bonds is 5. The summed E-state index contributed by atoms with van der Waals surface area (Å²) in [4.78, 5) is 22.0. The van der Waals surface area contributed by atoms with Crippen LogP contribution in [0.1, 0.15) is 25.7 Å². The van der Waals surface area contributed by atoms with Crippen LogP contribution in [-0.2, 0) is 4.79 Å². The fraction of sp³-hybridized carbons (Fsp3) is 0.462. The second-order valence-corrected chi connectivity index (χ2v) is 4.84. The molecule has 7 heteroatoms. The molecule has 3 N–H and O–H groups in total. The molecule has 0 aliphatic heterocycles. The Hall–Kier alpha value is -2.15. The van der Waals surface area contributed by atoms with Crippen molar-refractivity contribution in [1.29, 1.82) is 0 Å². The molecular formula is C13H17N3O4. The molecule has 1 aliphatic rings. The summed E-state index contributed by atoms with van der Waals surface area (Å²) in [6.07, 6.45) is 4.41. The van der Waals surface area contributed by atoms with Crippen molar-refractivity contribution in [2.75, 3.05) is 11.9 Å². The smallest absolute Gasteiger partial charge is 0.296 e. The molecule has 1 aromatic rings. The Balaban J connectivity index is 1.98. The van der Waals surface area contributed by atoms with Crippen LogP contribution in [0.4, 0.5) is 11.4 Å². The molecule has 0 saturated heterocycles. The molecule has 1 saturated carbocycles. The van der Waals surface area contributed by atoms with Gasteiger partial charge in [-0.2, -0.15) is 0 Å². The van der Waals surface area contributed by atoms with E-state index in [-0.39, 0.29) is 23.7 Å². The Morgan fingerprint density at radius 2 is 2.10 bits per heavy atom. The predicted octanol–water partition coefficient (Wildman–Crippen LogP) is 1.77. The third-order valence-electron chi connectivity index (χ3n) is 3.39. The number of nitrogens with one attached hydrogen (secondary N) is 2. The van der Waals surface area contributed by atoms with Crippen molar-refractivity contribution in [3.63, 3.8) is 0 Å². The van der Waals surface area contributed by atoms with Crippen LogP contribution in [0.25, 0.3) is 0 Å². The monoisotopic (exact) mass is 279 g/mol. The molecule has 2 rings (SSSR count). The molecule has 0 aromatic heterocycles. The summed E-state index contributed by atoms with van der Waals surface area (Å²) in [5, 5.41) is 26.0. The zero-order chi connectivity index (χ0) is 14.5. The summed E-state index contributed by atoms with van der Waals surface area (Å²) in [6.45, 7) is 0.0795. The van der Waals surface area contributed by atoms with Crippen LogP contribution in [-0.4, -0.2) is 28.5 Å². The van der Waals surface area contributed by atoms with Gasteiger partial charge in [-0.1, -0.05) is 18.9 Å². The molecule has 1 amide bonds. The minimum atomic E-state index is -0.639. The number of aromatic hydroxyl groups is 1. The molecular weight excluding hydrogens is 262 g/mol. The number of nitro groups is 1. The topological polar surface area (TPSA) is 104 Å². The Morgan fingerprint density at radius 1 is 1.40 bits per heavy atom. The molecule has 0 atom stereocenters. The van der Waals surface area contributed by atoms with Gasteiger partial charge in [-0.25, -0.2) is 0 Å². The maximum Gasteiger partial charge on any atom is 0.296 e. The number of para-hydroxylation sites is 1. The molecule has 0 spiro atoms. The first-order valence-electron chi connectivity index (χ1n) is 6.57. The third-order valence-corrected chi connectivity index (χ3v) is 3.39. The summed E-state index contributed by atoms with van der Waals surface area (Å²) in [7, 11) is 0. The number of benzene rings is 1. The quantitative estimate of drug-likeness (QED) is 0.433. The van der Waals surface area contributed by atoms with Crippen LogP contribution in [0.3, 0.4) is 0 Å².